The van der Waals surface area contributed by atoms with Crippen LogP contribution in [0.1, 0.15) is 18.1 Å². The fraction of sp³-hybridized carbons (Fsp3) is 0.158. The summed E-state index contributed by atoms with van der Waals surface area (Å²) in [5.74, 6) is 0. The number of nitrogens with one attached hydrogen (secondary N) is 2. The quantitative estimate of drug-likeness (QED) is 0.693. The molecular formula is C19H20N4S. The molecule has 0 aliphatic rings. The highest BCUT2D eigenvalue weighted by atomic mass is 32.1. The molecule has 3 rings (SSSR count). The van der Waals surface area contributed by atoms with Crippen molar-refractivity contribution in [3.63, 3.8) is 0 Å². The molecule has 0 amide bonds. The Morgan fingerprint density at radius 1 is 1.08 bits per heavy atom. The summed E-state index contributed by atoms with van der Waals surface area (Å²) in [5, 5.41) is 11.4. The lowest BCUT2D eigenvalue weighted by Crippen LogP contribution is -2.28. The molecule has 122 valence electrons. The molecule has 24 heavy (non-hydrogen) atoms. The van der Waals surface area contributed by atoms with Crippen molar-refractivity contribution in [2.24, 2.45) is 0 Å². The van der Waals surface area contributed by atoms with E-state index in [1.807, 2.05) is 47.3 Å². The Kier molecular flexibility index (Phi) is 5.23. The van der Waals surface area contributed by atoms with Gasteiger partial charge >= 0.3 is 0 Å². The lowest BCUT2D eigenvalue weighted by molar-refractivity contribution is 0.874. The Bertz CT molecular complexity index is 794. The van der Waals surface area contributed by atoms with E-state index in [1.165, 1.54) is 11.1 Å². The normalized spacial score (nSPS) is 10.4. The summed E-state index contributed by atoms with van der Waals surface area (Å²) < 4.78 is 1.84. The maximum Gasteiger partial charge on any atom is 0.171 e. The predicted octanol–water partition coefficient (Wildman–Crippen LogP) is 3.92. The minimum Gasteiger partial charge on any atom is -0.358 e. The standard InChI is InChI=1S/C19H20N4S/c1-2-16-6-3-4-7-18(16)22-19(24)20-14-15-8-10-17(11-9-15)23-13-5-12-21-23/h3-13H,2,14H2,1H3,(H2,20,22,24). The van der Waals surface area contributed by atoms with Gasteiger partial charge in [0.05, 0.1) is 5.69 Å². The average Bonchev–Trinajstić information content (AvgIpc) is 3.15. The van der Waals surface area contributed by atoms with Gasteiger partial charge in [-0.1, -0.05) is 37.3 Å². The van der Waals surface area contributed by atoms with Crippen molar-refractivity contribution in [2.75, 3.05) is 5.32 Å². The molecule has 3 aromatic rings. The first-order valence-electron chi connectivity index (χ1n) is 7.98. The number of benzene rings is 2. The number of rotatable bonds is 5. The van der Waals surface area contributed by atoms with Gasteiger partial charge in [0.2, 0.25) is 0 Å². The van der Waals surface area contributed by atoms with E-state index in [-0.39, 0.29) is 0 Å². The van der Waals surface area contributed by atoms with E-state index in [9.17, 15) is 0 Å². The summed E-state index contributed by atoms with van der Waals surface area (Å²) in [7, 11) is 0. The molecule has 2 aromatic carbocycles. The largest absolute Gasteiger partial charge is 0.358 e. The number of nitrogens with zero attached hydrogens (tertiary/aromatic N) is 2. The minimum absolute atomic E-state index is 0.632. The maximum atomic E-state index is 5.40. The molecular weight excluding hydrogens is 316 g/mol. The van der Waals surface area contributed by atoms with E-state index in [0.29, 0.717) is 11.7 Å². The van der Waals surface area contributed by atoms with Crippen LogP contribution in [0.2, 0.25) is 0 Å². The zero-order valence-electron chi connectivity index (χ0n) is 13.6. The van der Waals surface area contributed by atoms with Crippen LogP contribution in [0.3, 0.4) is 0 Å². The Morgan fingerprint density at radius 3 is 2.58 bits per heavy atom. The summed E-state index contributed by atoms with van der Waals surface area (Å²) in [6.45, 7) is 2.82. The molecule has 0 unspecified atom stereocenters. The number of aromatic nitrogens is 2. The van der Waals surface area contributed by atoms with Gasteiger partial charge in [0, 0.05) is 24.6 Å². The third-order valence-electron chi connectivity index (χ3n) is 3.80. The highest BCUT2D eigenvalue weighted by Crippen LogP contribution is 2.15. The van der Waals surface area contributed by atoms with Gasteiger partial charge in [-0.2, -0.15) is 5.10 Å². The van der Waals surface area contributed by atoms with E-state index in [1.54, 1.807) is 6.20 Å². The fourth-order valence-corrected chi connectivity index (χ4v) is 2.67. The van der Waals surface area contributed by atoms with Crippen LogP contribution in [-0.4, -0.2) is 14.9 Å². The molecule has 0 bridgehead atoms. The van der Waals surface area contributed by atoms with Gasteiger partial charge in [-0.15, -0.1) is 0 Å². The molecule has 1 heterocycles. The highest BCUT2D eigenvalue weighted by Gasteiger charge is 2.03. The Hall–Kier alpha value is -2.66. The van der Waals surface area contributed by atoms with Gasteiger partial charge in [-0.3, -0.25) is 0 Å². The van der Waals surface area contributed by atoms with Crippen LogP contribution in [-0.2, 0) is 13.0 Å². The Balaban J connectivity index is 1.56. The van der Waals surface area contributed by atoms with Crippen molar-refractivity contribution >= 4 is 23.0 Å². The Labute approximate surface area is 147 Å². The molecule has 0 saturated carbocycles. The second-order valence-corrected chi connectivity index (χ2v) is 5.84. The lowest BCUT2D eigenvalue weighted by Gasteiger charge is -2.13. The van der Waals surface area contributed by atoms with Crippen LogP contribution in [0.4, 0.5) is 5.69 Å². The van der Waals surface area contributed by atoms with Crippen molar-refractivity contribution in [1.82, 2.24) is 15.1 Å². The molecule has 0 aliphatic heterocycles. The van der Waals surface area contributed by atoms with Gasteiger partial charge in [0.1, 0.15) is 0 Å². The second-order valence-electron chi connectivity index (χ2n) is 5.44. The SMILES string of the molecule is CCc1ccccc1NC(=S)NCc1ccc(-n2cccn2)cc1. The summed E-state index contributed by atoms with van der Waals surface area (Å²) in [6, 6.07) is 18.4. The number of para-hydroxylation sites is 1. The second kappa shape index (κ2) is 7.75. The summed E-state index contributed by atoms with van der Waals surface area (Å²) in [5.41, 5.74) is 4.52. The van der Waals surface area contributed by atoms with Crippen LogP contribution < -0.4 is 10.6 Å². The Morgan fingerprint density at radius 2 is 1.88 bits per heavy atom. The van der Waals surface area contributed by atoms with Crippen molar-refractivity contribution in [3.8, 4) is 5.69 Å². The average molecular weight is 336 g/mol. The minimum atomic E-state index is 0.632. The molecule has 1 aromatic heterocycles. The molecule has 0 radical (unpaired) electrons. The number of hydrogen-bond donors (Lipinski definition) is 2. The topological polar surface area (TPSA) is 41.9 Å². The summed E-state index contributed by atoms with van der Waals surface area (Å²) >= 11 is 5.40. The van der Waals surface area contributed by atoms with E-state index in [2.05, 4.69) is 40.9 Å². The summed E-state index contributed by atoms with van der Waals surface area (Å²) in [4.78, 5) is 0. The van der Waals surface area contributed by atoms with Crippen molar-refractivity contribution in [2.45, 2.75) is 19.9 Å². The van der Waals surface area contributed by atoms with E-state index in [0.717, 1.165) is 17.8 Å². The number of hydrogen-bond acceptors (Lipinski definition) is 2. The lowest BCUT2D eigenvalue weighted by atomic mass is 10.1. The van der Waals surface area contributed by atoms with Crippen LogP contribution in [0.15, 0.2) is 67.0 Å². The van der Waals surface area contributed by atoms with Gasteiger partial charge in [0.25, 0.3) is 0 Å². The van der Waals surface area contributed by atoms with Gasteiger partial charge in [-0.25, -0.2) is 4.68 Å². The molecule has 2 N–H and O–H groups in total. The van der Waals surface area contributed by atoms with Gasteiger partial charge < -0.3 is 10.6 Å². The van der Waals surface area contributed by atoms with Crippen LogP contribution in [0.25, 0.3) is 5.69 Å². The summed E-state index contributed by atoms with van der Waals surface area (Å²) in [6.07, 6.45) is 4.67. The van der Waals surface area contributed by atoms with Gasteiger partial charge in [0.15, 0.2) is 5.11 Å². The third kappa shape index (κ3) is 4.00. The first kappa shape index (κ1) is 16.2. The van der Waals surface area contributed by atoms with Crippen molar-refractivity contribution < 1.29 is 0 Å². The van der Waals surface area contributed by atoms with Crippen molar-refractivity contribution in [3.05, 3.63) is 78.1 Å². The maximum absolute atomic E-state index is 5.40. The van der Waals surface area contributed by atoms with Gasteiger partial charge in [-0.05, 0) is 54.0 Å². The van der Waals surface area contributed by atoms with Crippen LogP contribution in [0, 0.1) is 0 Å². The predicted molar refractivity (Wildman–Crippen MR) is 102 cm³/mol. The molecule has 0 spiro atoms. The van der Waals surface area contributed by atoms with E-state index >= 15 is 0 Å². The number of aryl methyl sites for hydroxylation is 1. The number of thiocarbonyl (C=S) groups is 1. The smallest absolute Gasteiger partial charge is 0.171 e. The molecule has 4 nitrogen and oxygen atoms in total. The molecule has 5 heteroatoms. The zero-order chi connectivity index (χ0) is 16.8. The van der Waals surface area contributed by atoms with E-state index < -0.39 is 0 Å². The fourth-order valence-electron chi connectivity index (χ4n) is 2.49. The zero-order valence-corrected chi connectivity index (χ0v) is 14.4. The van der Waals surface area contributed by atoms with E-state index in [4.69, 9.17) is 12.2 Å². The highest BCUT2D eigenvalue weighted by molar-refractivity contribution is 7.80. The molecule has 0 aliphatic carbocycles. The first-order valence-corrected chi connectivity index (χ1v) is 8.39. The molecule has 0 fully saturated rings. The molecule has 0 atom stereocenters. The van der Waals surface area contributed by atoms with Crippen molar-refractivity contribution in [1.29, 1.82) is 0 Å². The monoisotopic (exact) mass is 336 g/mol. The van der Waals surface area contributed by atoms with Crippen LogP contribution in [0.5, 0.6) is 0 Å². The number of anilines is 1. The first-order chi connectivity index (χ1) is 11.8. The van der Waals surface area contributed by atoms with Crippen LogP contribution >= 0.6 is 12.2 Å². The molecule has 0 saturated heterocycles. The third-order valence-corrected chi connectivity index (χ3v) is 4.05.